The lowest BCUT2D eigenvalue weighted by Crippen LogP contribution is -2.53. The van der Waals surface area contributed by atoms with Gasteiger partial charge in [-0.25, -0.2) is 8.42 Å². The van der Waals surface area contributed by atoms with E-state index in [-0.39, 0.29) is 29.5 Å². The molecule has 1 atom stereocenters. The topological polar surface area (TPSA) is 105 Å². The van der Waals surface area contributed by atoms with Gasteiger partial charge in [0.05, 0.1) is 10.6 Å². The van der Waals surface area contributed by atoms with Gasteiger partial charge in [-0.15, -0.1) is 0 Å². The number of carbonyl (C=O) groups excluding carboxylic acids is 2. The third-order valence-electron chi connectivity index (χ3n) is 7.44. The molecule has 5 rings (SSSR count). The van der Waals surface area contributed by atoms with Crippen LogP contribution < -0.4 is 19.1 Å². The molecule has 2 amide bonds. The maximum Gasteiger partial charge on any atom is 0.264 e. The van der Waals surface area contributed by atoms with Crippen LogP contribution in [-0.2, 0) is 32.6 Å². The van der Waals surface area contributed by atoms with Crippen molar-refractivity contribution in [3.63, 3.8) is 0 Å². The molecule has 1 heterocycles. The van der Waals surface area contributed by atoms with Crippen LogP contribution in [0, 0.1) is 0 Å². The quantitative estimate of drug-likeness (QED) is 0.228. The normalized spacial score (nSPS) is 13.0. The zero-order valence-electron chi connectivity index (χ0n) is 25.2. The summed E-state index contributed by atoms with van der Waals surface area (Å²) < 4.78 is 40.8. The van der Waals surface area contributed by atoms with Crippen LogP contribution in [0.4, 0.5) is 5.69 Å². The minimum absolute atomic E-state index is 0.0313. The Kier molecular flexibility index (Phi) is 10.4. The molecule has 234 valence electrons. The van der Waals surface area contributed by atoms with Gasteiger partial charge in [-0.05, 0) is 41.8 Å². The largest absolute Gasteiger partial charge is 0.486 e. The molecule has 1 aliphatic rings. The number of nitrogens with one attached hydrogen (secondary N) is 1. The molecule has 0 saturated carbocycles. The molecule has 4 aromatic rings. The van der Waals surface area contributed by atoms with Gasteiger partial charge in [-0.3, -0.25) is 13.9 Å². The molecule has 45 heavy (non-hydrogen) atoms. The molecular weight excluding hydrogens is 590 g/mol. The van der Waals surface area contributed by atoms with Gasteiger partial charge < -0.3 is 19.7 Å². The van der Waals surface area contributed by atoms with Crippen LogP contribution in [0.1, 0.15) is 24.5 Å². The smallest absolute Gasteiger partial charge is 0.264 e. The Bertz CT molecular complexity index is 1680. The molecular formula is C35H37N3O6S. The number of ether oxygens (including phenoxy) is 2. The third-order valence-corrected chi connectivity index (χ3v) is 9.23. The zero-order chi connectivity index (χ0) is 31.6. The van der Waals surface area contributed by atoms with E-state index in [0.29, 0.717) is 31.3 Å². The molecule has 0 spiro atoms. The van der Waals surface area contributed by atoms with Crippen molar-refractivity contribution in [1.82, 2.24) is 10.2 Å². The second-order valence-corrected chi connectivity index (χ2v) is 12.5. The molecule has 0 aliphatic carbocycles. The van der Waals surface area contributed by atoms with E-state index in [4.69, 9.17) is 9.47 Å². The van der Waals surface area contributed by atoms with Crippen molar-refractivity contribution in [2.24, 2.45) is 0 Å². The number of nitrogens with zero attached hydrogens (tertiary/aromatic N) is 2. The Hall–Kier alpha value is -4.83. The average molecular weight is 628 g/mol. The average Bonchev–Trinajstić information content (AvgIpc) is 3.08. The van der Waals surface area contributed by atoms with Crippen LogP contribution in [0.3, 0.4) is 0 Å². The molecule has 9 nitrogen and oxygen atoms in total. The second-order valence-electron chi connectivity index (χ2n) is 10.7. The summed E-state index contributed by atoms with van der Waals surface area (Å²) in [6.45, 7) is 2.67. The monoisotopic (exact) mass is 627 g/mol. The minimum Gasteiger partial charge on any atom is -0.486 e. The number of fused-ring (bicyclic) bond motifs is 1. The lowest BCUT2D eigenvalue weighted by molar-refractivity contribution is -0.140. The summed E-state index contributed by atoms with van der Waals surface area (Å²) in [5.41, 5.74) is 1.93. The standard InChI is InChI=1S/C35H37N3O6S/c1-2-20-36-35(40)31(23-27-12-6-3-7-13-27)37(25-28-14-8-4-9-15-28)34(39)26-38(45(41,42)30-16-10-5-11-17-30)29-18-19-32-33(24-29)44-22-21-43-32/h3-19,24,31H,2,20-23,25-26H2,1H3,(H,36,40)/t31-/m1/s1. The first-order valence-electron chi connectivity index (χ1n) is 15.0. The van der Waals surface area contributed by atoms with Crippen LogP contribution in [0.25, 0.3) is 0 Å². The molecule has 0 fully saturated rings. The summed E-state index contributed by atoms with van der Waals surface area (Å²) in [6, 6.07) is 30.7. The van der Waals surface area contributed by atoms with Crippen molar-refractivity contribution in [3.8, 4) is 11.5 Å². The van der Waals surface area contributed by atoms with Gasteiger partial charge in [0, 0.05) is 25.6 Å². The van der Waals surface area contributed by atoms with Crippen molar-refractivity contribution in [3.05, 3.63) is 120 Å². The summed E-state index contributed by atoms with van der Waals surface area (Å²) in [5.74, 6) is 0.0544. The van der Waals surface area contributed by atoms with Crippen LogP contribution in [0.2, 0.25) is 0 Å². The molecule has 1 N–H and O–H groups in total. The number of benzene rings is 4. The van der Waals surface area contributed by atoms with Crippen LogP contribution >= 0.6 is 0 Å². The summed E-state index contributed by atoms with van der Waals surface area (Å²) in [7, 11) is -4.21. The predicted molar refractivity (Wildman–Crippen MR) is 173 cm³/mol. The molecule has 0 aromatic heterocycles. The highest BCUT2D eigenvalue weighted by Crippen LogP contribution is 2.36. The number of rotatable bonds is 13. The van der Waals surface area contributed by atoms with Crippen molar-refractivity contribution >= 4 is 27.5 Å². The fourth-order valence-corrected chi connectivity index (χ4v) is 6.56. The highest BCUT2D eigenvalue weighted by molar-refractivity contribution is 7.92. The van der Waals surface area contributed by atoms with Crippen molar-refractivity contribution in [1.29, 1.82) is 0 Å². The fourth-order valence-electron chi connectivity index (χ4n) is 5.14. The van der Waals surface area contributed by atoms with Crippen LogP contribution in [-0.4, -0.2) is 57.5 Å². The Morgan fingerprint density at radius 2 is 1.40 bits per heavy atom. The zero-order valence-corrected chi connectivity index (χ0v) is 26.0. The minimum atomic E-state index is -4.21. The molecule has 0 bridgehead atoms. The van der Waals surface area contributed by atoms with Crippen LogP contribution in [0.5, 0.6) is 11.5 Å². The van der Waals surface area contributed by atoms with Crippen molar-refractivity contribution < 1.29 is 27.5 Å². The lowest BCUT2D eigenvalue weighted by atomic mass is 10.0. The molecule has 0 unspecified atom stereocenters. The van der Waals surface area contributed by atoms with E-state index >= 15 is 0 Å². The highest BCUT2D eigenvalue weighted by atomic mass is 32.2. The van der Waals surface area contributed by atoms with Crippen LogP contribution in [0.15, 0.2) is 114 Å². The highest BCUT2D eigenvalue weighted by Gasteiger charge is 2.35. The molecule has 0 saturated heterocycles. The van der Waals surface area contributed by atoms with E-state index in [9.17, 15) is 18.0 Å². The number of sulfonamides is 1. The molecule has 4 aromatic carbocycles. The summed E-state index contributed by atoms with van der Waals surface area (Å²) in [4.78, 5) is 29.7. The first kappa shape index (κ1) is 31.6. The molecule has 0 radical (unpaired) electrons. The summed E-state index contributed by atoms with van der Waals surface area (Å²) in [5, 5.41) is 2.95. The Morgan fingerprint density at radius 1 is 0.800 bits per heavy atom. The van der Waals surface area contributed by atoms with E-state index < -0.39 is 28.5 Å². The third kappa shape index (κ3) is 7.82. The summed E-state index contributed by atoms with van der Waals surface area (Å²) in [6.07, 6.45) is 0.980. The van der Waals surface area contributed by atoms with Gasteiger partial charge >= 0.3 is 0 Å². The SMILES string of the molecule is CCCNC(=O)[C@@H](Cc1ccccc1)N(Cc1ccccc1)C(=O)CN(c1ccc2c(c1)OCCO2)S(=O)(=O)c1ccccc1. The van der Waals surface area contributed by atoms with Crippen molar-refractivity contribution in [2.45, 2.75) is 37.2 Å². The Balaban J connectivity index is 1.56. The number of hydrogen-bond donors (Lipinski definition) is 1. The van der Waals surface area contributed by atoms with E-state index in [2.05, 4.69) is 5.32 Å². The summed E-state index contributed by atoms with van der Waals surface area (Å²) >= 11 is 0. The first-order chi connectivity index (χ1) is 21.9. The molecule has 1 aliphatic heterocycles. The Labute approximate surface area is 264 Å². The van der Waals surface area contributed by atoms with Gasteiger partial charge in [0.25, 0.3) is 10.0 Å². The predicted octanol–water partition coefficient (Wildman–Crippen LogP) is 4.82. The van der Waals surface area contributed by atoms with E-state index in [1.54, 1.807) is 36.4 Å². The van der Waals surface area contributed by atoms with E-state index in [0.717, 1.165) is 21.9 Å². The van der Waals surface area contributed by atoms with Gasteiger partial charge in [-0.1, -0.05) is 85.8 Å². The number of amides is 2. The fraction of sp³-hybridized carbons (Fsp3) is 0.257. The Morgan fingerprint density at radius 3 is 2.04 bits per heavy atom. The van der Waals surface area contributed by atoms with Gasteiger partial charge in [0.15, 0.2) is 11.5 Å². The maximum absolute atomic E-state index is 14.5. The van der Waals surface area contributed by atoms with E-state index in [1.807, 2.05) is 67.6 Å². The second kappa shape index (κ2) is 14.8. The van der Waals surface area contributed by atoms with Gasteiger partial charge in [0.1, 0.15) is 25.8 Å². The van der Waals surface area contributed by atoms with Gasteiger partial charge in [0.2, 0.25) is 11.8 Å². The number of anilines is 1. The van der Waals surface area contributed by atoms with E-state index in [1.165, 1.54) is 17.0 Å². The van der Waals surface area contributed by atoms with Crippen molar-refractivity contribution in [2.75, 3.05) is 30.6 Å². The number of carbonyl (C=O) groups is 2. The first-order valence-corrected chi connectivity index (χ1v) is 16.4. The van der Waals surface area contributed by atoms with Gasteiger partial charge in [-0.2, -0.15) is 0 Å². The lowest BCUT2D eigenvalue weighted by Gasteiger charge is -2.34. The number of hydrogen-bond acceptors (Lipinski definition) is 6. The molecule has 10 heteroatoms. The maximum atomic E-state index is 14.5.